The van der Waals surface area contributed by atoms with Gasteiger partial charge in [-0.3, -0.25) is 0 Å². The van der Waals surface area contributed by atoms with Crippen molar-refractivity contribution < 1.29 is 4.42 Å². The second-order valence-corrected chi connectivity index (χ2v) is 17.6. The molecule has 3 nitrogen and oxygen atoms in total. The highest BCUT2D eigenvalue weighted by atomic mass is 16.3. The molecule has 312 valence electrons. The van der Waals surface area contributed by atoms with Crippen LogP contribution in [0, 0.1) is 0 Å². The van der Waals surface area contributed by atoms with Gasteiger partial charge in [-0.1, -0.05) is 176 Å². The van der Waals surface area contributed by atoms with Crippen molar-refractivity contribution in [3.8, 4) is 27.9 Å². The number of anilines is 3. The van der Waals surface area contributed by atoms with Gasteiger partial charge in [-0.2, -0.15) is 0 Å². The molecule has 2 aromatic heterocycles. The summed E-state index contributed by atoms with van der Waals surface area (Å²) in [7, 11) is 0. The minimum Gasteiger partial charge on any atom is -0.454 e. The van der Waals surface area contributed by atoms with Crippen LogP contribution in [-0.4, -0.2) is 4.57 Å². The van der Waals surface area contributed by atoms with E-state index < -0.39 is 0 Å². The van der Waals surface area contributed by atoms with Gasteiger partial charge in [0.1, 0.15) is 5.58 Å². The average Bonchev–Trinajstić information content (AvgIpc) is 3.95. The molecule has 0 spiro atoms. The first-order chi connectivity index (χ1) is 33.2. The van der Waals surface area contributed by atoms with E-state index in [9.17, 15) is 0 Å². The maximum absolute atomic E-state index is 6.69. The van der Waals surface area contributed by atoms with Gasteiger partial charge in [0.05, 0.1) is 22.4 Å². The van der Waals surface area contributed by atoms with E-state index >= 15 is 0 Å². The Bertz CT molecular complexity index is 4230. The molecule has 67 heavy (non-hydrogen) atoms. The third-order valence-corrected chi connectivity index (χ3v) is 14.0. The van der Waals surface area contributed by atoms with Crippen LogP contribution in [0.15, 0.2) is 247 Å². The molecule has 0 amide bonds. The van der Waals surface area contributed by atoms with Crippen LogP contribution in [0.3, 0.4) is 0 Å². The first kappa shape index (κ1) is 37.5. The van der Waals surface area contributed by atoms with E-state index in [0.717, 1.165) is 50.1 Å². The molecule has 3 heteroatoms. The molecular formula is C64H40N2O. The van der Waals surface area contributed by atoms with E-state index in [2.05, 4.69) is 246 Å². The van der Waals surface area contributed by atoms with Crippen LogP contribution in [0.2, 0.25) is 0 Å². The summed E-state index contributed by atoms with van der Waals surface area (Å²) >= 11 is 0. The molecule has 0 aliphatic heterocycles. The highest BCUT2D eigenvalue weighted by Gasteiger charge is 2.21. The Morgan fingerprint density at radius 1 is 0.299 bits per heavy atom. The number of para-hydroxylation sites is 3. The molecule has 12 aromatic carbocycles. The van der Waals surface area contributed by atoms with Gasteiger partial charge in [0, 0.05) is 38.3 Å². The van der Waals surface area contributed by atoms with E-state index in [1.54, 1.807) is 0 Å². The lowest BCUT2D eigenvalue weighted by Crippen LogP contribution is -2.10. The molecule has 14 rings (SSSR count). The largest absolute Gasteiger partial charge is 0.454 e. The zero-order chi connectivity index (χ0) is 44.0. The molecule has 0 aliphatic carbocycles. The second kappa shape index (κ2) is 14.8. The fraction of sp³-hybridized carbons (Fsp3) is 0. The van der Waals surface area contributed by atoms with Crippen molar-refractivity contribution in [1.29, 1.82) is 0 Å². The molecule has 0 saturated carbocycles. The molecule has 0 aliphatic rings. The van der Waals surface area contributed by atoms with Crippen LogP contribution in [0.25, 0.3) is 115 Å². The zero-order valence-corrected chi connectivity index (χ0v) is 36.4. The van der Waals surface area contributed by atoms with Crippen LogP contribution in [0.1, 0.15) is 0 Å². The Labute approximate surface area is 386 Å². The maximum Gasteiger partial charge on any atom is 0.159 e. The number of hydrogen-bond donors (Lipinski definition) is 0. The SMILES string of the molecule is c1ccc2c(-n3c4ccccc4c4cc(-c5ccc(N(c6ccc(-c7ccc8c9ccccc9c9ccccc9c8c7)cc6)c6cccc7c6oc6ccccc67)cc5)ccc43)cccc2c1. The quantitative estimate of drug-likeness (QED) is 0.155. The summed E-state index contributed by atoms with van der Waals surface area (Å²) in [6.45, 7) is 0. The van der Waals surface area contributed by atoms with E-state index in [0.29, 0.717) is 0 Å². The molecule has 0 bridgehead atoms. The lowest BCUT2D eigenvalue weighted by atomic mass is 9.92. The second-order valence-electron chi connectivity index (χ2n) is 17.6. The highest BCUT2D eigenvalue weighted by Crippen LogP contribution is 2.44. The minimum absolute atomic E-state index is 0.860. The first-order valence-electron chi connectivity index (χ1n) is 23.0. The molecule has 0 radical (unpaired) electrons. The summed E-state index contributed by atoms with van der Waals surface area (Å²) < 4.78 is 9.11. The Kier molecular flexibility index (Phi) is 8.28. The number of furan rings is 1. The van der Waals surface area contributed by atoms with Crippen molar-refractivity contribution in [2.24, 2.45) is 0 Å². The van der Waals surface area contributed by atoms with E-state index in [1.807, 2.05) is 6.07 Å². The summed E-state index contributed by atoms with van der Waals surface area (Å²) in [5, 5.41) is 14.8. The summed E-state index contributed by atoms with van der Waals surface area (Å²) in [6, 6.07) is 88.2. The third-order valence-electron chi connectivity index (χ3n) is 14.0. The van der Waals surface area contributed by atoms with Crippen LogP contribution < -0.4 is 4.90 Å². The van der Waals surface area contributed by atoms with Crippen LogP contribution in [0.4, 0.5) is 17.1 Å². The Hall–Kier alpha value is -8.92. The number of benzene rings is 12. The fourth-order valence-corrected chi connectivity index (χ4v) is 10.8. The Morgan fingerprint density at radius 2 is 0.776 bits per heavy atom. The molecule has 2 heterocycles. The molecule has 0 N–H and O–H groups in total. The predicted molar refractivity (Wildman–Crippen MR) is 284 cm³/mol. The normalized spacial score (nSPS) is 11.9. The van der Waals surface area contributed by atoms with Crippen molar-refractivity contribution in [2.45, 2.75) is 0 Å². The smallest absolute Gasteiger partial charge is 0.159 e. The Morgan fingerprint density at radius 3 is 1.48 bits per heavy atom. The van der Waals surface area contributed by atoms with Gasteiger partial charge in [-0.25, -0.2) is 0 Å². The predicted octanol–water partition coefficient (Wildman–Crippen LogP) is 18.1. The lowest BCUT2D eigenvalue weighted by molar-refractivity contribution is 0.669. The van der Waals surface area contributed by atoms with Crippen molar-refractivity contribution in [1.82, 2.24) is 4.57 Å². The number of aromatic nitrogens is 1. The number of rotatable bonds is 6. The van der Waals surface area contributed by atoms with Gasteiger partial charge >= 0.3 is 0 Å². The minimum atomic E-state index is 0.860. The van der Waals surface area contributed by atoms with Crippen molar-refractivity contribution in [2.75, 3.05) is 4.90 Å². The monoisotopic (exact) mass is 852 g/mol. The summed E-state index contributed by atoms with van der Waals surface area (Å²) in [4.78, 5) is 2.33. The van der Waals surface area contributed by atoms with E-state index in [4.69, 9.17) is 4.42 Å². The van der Waals surface area contributed by atoms with Crippen molar-refractivity contribution >= 4 is 104 Å². The summed E-state index contributed by atoms with van der Waals surface area (Å²) in [5.74, 6) is 0. The van der Waals surface area contributed by atoms with Gasteiger partial charge in [-0.15, -0.1) is 0 Å². The molecule has 0 saturated heterocycles. The fourth-order valence-electron chi connectivity index (χ4n) is 10.8. The van der Waals surface area contributed by atoms with Crippen molar-refractivity contribution in [3.63, 3.8) is 0 Å². The summed E-state index contributed by atoms with van der Waals surface area (Å²) in [6.07, 6.45) is 0. The third kappa shape index (κ3) is 5.85. The molecule has 0 fully saturated rings. The van der Waals surface area contributed by atoms with Gasteiger partial charge in [0.15, 0.2) is 5.58 Å². The lowest BCUT2D eigenvalue weighted by Gasteiger charge is -2.26. The van der Waals surface area contributed by atoms with Gasteiger partial charge in [0.2, 0.25) is 0 Å². The number of fused-ring (bicyclic) bond motifs is 13. The topological polar surface area (TPSA) is 21.3 Å². The van der Waals surface area contributed by atoms with Crippen LogP contribution in [-0.2, 0) is 0 Å². The van der Waals surface area contributed by atoms with Gasteiger partial charge in [-0.05, 0) is 127 Å². The molecule has 0 unspecified atom stereocenters. The standard InChI is InChI=1S/C64H40N2O/c1-2-15-48-43(13-1)14-11-24-59(48)66-60-23-9-7-20-54(60)58-40-45(32-38-61(58)66)42-29-35-47(36-30-42)65(62-25-12-22-56-55-21-8-10-26-63(55)67-64(56)62)46-33-27-41(28-34-46)44-31-37-53-51-18-4-3-16-49(51)50-17-5-6-19-52(50)57(53)39-44/h1-40H. The summed E-state index contributed by atoms with van der Waals surface area (Å²) in [5.41, 5.74) is 13.1. The molecule has 0 atom stereocenters. The van der Waals surface area contributed by atoms with Gasteiger partial charge in [0.25, 0.3) is 0 Å². The van der Waals surface area contributed by atoms with E-state index in [1.165, 1.54) is 81.7 Å². The highest BCUT2D eigenvalue weighted by molar-refractivity contribution is 6.26. The molecule has 14 aromatic rings. The molecular weight excluding hydrogens is 813 g/mol. The average molecular weight is 853 g/mol. The number of nitrogens with zero attached hydrogens (tertiary/aromatic N) is 2. The zero-order valence-electron chi connectivity index (χ0n) is 36.4. The van der Waals surface area contributed by atoms with Crippen LogP contribution in [0.5, 0.6) is 0 Å². The first-order valence-corrected chi connectivity index (χ1v) is 23.0. The number of hydrogen-bond acceptors (Lipinski definition) is 2. The Balaban J connectivity index is 0.882. The van der Waals surface area contributed by atoms with E-state index in [-0.39, 0.29) is 0 Å². The van der Waals surface area contributed by atoms with Crippen molar-refractivity contribution in [3.05, 3.63) is 243 Å². The van der Waals surface area contributed by atoms with Crippen LogP contribution >= 0.6 is 0 Å². The maximum atomic E-state index is 6.69. The van der Waals surface area contributed by atoms with Gasteiger partial charge < -0.3 is 13.9 Å².